The lowest BCUT2D eigenvalue weighted by Gasteiger charge is -2.58. The van der Waals surface area contributed by atoms with Crippen LogP contribution in [0.1, 0.15) is 144 Å². The standard InChI is InChI=1S/C44H66O6/c1-27(45)49-39-13-11-35-33-9-7-29-25-31(15-19-41(29,3)37(33)17-21-43(35,39)5)47-23-24-48-32-16-20-42(4)30(26-32)8-10-34-36-12-14-40(50-28(2)46)44(36,6)22-18-38(34)42/h7-8,31-40H,9-26H2,1-6H3/t31-,32-,33-,34-,35-,36-,37-,38-,39-,40-,41-,42-,43-,44-/m0/s1. The monoisotopic (exact) mass is 690 g/mol. The molecule has 0 aromatic heterocycles. The Bertz CT molecular complexity index is 1300. The Morgan fingerprint density at radius 2 is 1.00 bits per heavy atom. The summed E-state index contributed by atoms with van der Waals surface area (Å²) in [6.07, 6.45) is 24.7. The number of hydrogen-bond acceptors (Lipinski definition) is 6. The highest BCUT2D eigenvalue weighted by Gasteiger charge is 2.61. The molecular weight excluding hydrogens is 624 g/mol. The topological polar surface area (TPSA) is 71.1 Å². The second kappa shape index (κ2) is 13.0. The molecule has 6 saturated carbocycles. The average Bonchev–Trinajstić information content (AvgIpc) is 3.58. The van der Waals surface area contributed by atoms with Crippen molar-refractivity contribution >= 4 is 11.9 Å². The van der Waals surface area contributed by atoms with Crippen molar-refractivity contribution in [1.82, 2.24) is 0 Å². The van der Waals surface area contributed by atoms with Gasteiger partial charge in [0, 0.05) is 24.7 Å². The first-order valence-corrected chi connectivity index (χ1v) is 20.8. The van der Waals surface area contributed by atoms with Crippen molar-refractivity contribution in [2.45, 2.75) is 169 Å². The SMILES string of the molecule is CC(=O)O[C@H]1CC[C@H]2[C@@H]3CC=C4C[C@@H](OCCO[C@H]5CC[C@@]6(C)C(=CC[C@H]7[C@@H]8CC[C@H](OC(C)=O)[C@@]8(C)CC[C@@H]76)C5)CC[C@]4(C)[C@H]3CC[C@]12C. The molecule has 8 aliphatic carbocycles. The van der Waals surface area contributed by atoms with Gasteiger partial charge >= 0.3 is 11.9 Å². The van der Waals surface area contributed by atoms with E-state index >= 15 is 0 Å². The van der Waals surface area contributed by atoms with E-state index in [9.17, 15) is 9.59 Å². The molecule has 14 atom stereocenters. The predicted octanol–water partition coefficient (Wildman–Crippen LogP) is 9.55. The number of ether oxygens (including phenoxy) is 4. The summed E-state index contributed by atoms with van der Waals surface area (Å²) in [5, 5.41) is 0. The van der Waals surface area contributed by atoms with Gasteiger partial charge in [0.1, 0.15) is 12.2 Å². The minimum atomic E-state index is -0.115. The normalized spacial score (nSPS) is 49.2. The molecule has 0 amide bonds. The van der Waals surface area contributed by atoms with E-state index in [1.54, 1.807) is 25.0 Å². The van der Waals surface area contributed by atoms with E-state index < -0.39 is 0 Å². The summed E-state index contributed by atoms with van der Waals surface area (Å²) in [6, 6.07) is 0. The molecule has 0 aliphatic heterocycles. The van der Waals surface area contributed by atoms with Crippen LogP contribution in [0.5, 0.6) is 0 Å². The van der Waals surface area contributed by atoms with Crippen LogP contribution in [0, 0.1) is 57.2 Å². The number of hydrogen-bond donors (Lipinski definition) is 0. The Morgan fingerprint density at radius 1 is 0.580 bits per heavy atom. The van der Waals surface area contributed by atoms with Gasteiger partial charge in [-0.15, -0.1) is 0 Å². The summed E-state index contributed by atoms with van der Waals surface area (Å²) < 4.78 is 24.9. The maximum atomic E-state index is 11.8. The van der Waals surface area contributed by atoms with Gasteiger partial charge in [-0.3, -0.25) is 9.59 Å². The average molecular weight is 691 g/mol. The van der Waals surface area contributed by atoms with Crippen LogP contribution in [0.3, 0.4) is 0 Å². The molecule has 0 unspecified atom stereocenters. The second-order valence-corrected chi connectivity index (χ2v) is 19.4. The van der Waals surface area contributed by atoms with Gasteiger partial charge in [-0.25, -0.2) is 0 Å². The Morgan fingerprint density at radius 3 is 1.40 bits per heavy atom. The van der Waals surface area contributed by atoms with Crippen molar-refractivity contribution in [2.75, 3.05) is 13.2 Å². The molecule has 0 radical (unpaired) electrons. The van der Waals surface area contributed by atoms with Crippen LogP contribution < -0.4 is 0 Å². The fraction of sp³-hybridized carbons (Fsp3) is 0.864. The molecule has 50 heavy (non-hydrogen) atoms. The molecular formula is C44H66O6. The molecule has 0 heterocycles. The molecule has 0 saturated heterocycles. The molecule has 6 fully saturated rings. The fourth-order valence-electron chi connectivity index (χ4n) is 14.7. The zero-order valence-corrected chi connectivity index (χ0v) is 32.1. The Labute approximate surface area is 302 Å². The number of esters is 2. The largest absolute Gasteiger partial charge is 0.462 e. The van der Waals surface area contributed by atoms with Crippen molar-refractivity contribution in [1.29, 1.82) is 0 Å². The first-order valence-electron chi connectivity index (χ1n) is 20.8. The first-order chi connectivity index (χ1) is 23.8. The predicted molar refractivity (Wildman–Crippen MR) is 194 cm³/mol. The quantitative estimate of drug-likeness (QED) is 0.151. The highest BCUT2D eigenvalue weighted by atomic mass is 16.5. The maximum Gasteiger partial charge on any atom is 0.302 e. The molecule has 8 rings (SSSR count). The van der Waals surface area contributed by atoms with E-state index in [2.05, 4.69) is 39.8 Å². The lowest BCUT2D eigenvalue weighted by atomic mass is 9.48. The minimum absolute atomic E-state index is 0.102. The third-order valence-corrected chi connectivity index (χ3v) is 17.4. The number of carbonyl (C=O) groups is 2. The smallest absolute Gasteiger partial charge is 0.302 e. The molecule has 6 nitrogen and oxygen atoms in total. The molecule has 0 N–H and O–H groups in total. The third kappa shape index (κ3) is 5.69. The van der Waals surface area contributed by atoms with E-state index in [0.29, 0.717) is 48.1 Å². The second-order valence-electron chi connectivity index (χ2n) is 19.4. The van der Waals surface area contributed by atoms with E-state index in [-0.39, 0.29) is 35.0 Å². The van der Waals surface area contributed by atoms with E-state index in [0.717, 1.165) is 62.2 Å². The lowest BCUT2D eigenvalue weighted by molar-refractivity contribution is -0.157. The molecule has 278 valence electrons. The van der Waals surface area contributed by atoms with E-state index in [1.165, 1.54) is 64.2 Å². The summed E-state index contributed by atoms with van der Waals surface area (Å²) in [4.78, 5) is 23.7. The number of fused-ring (bicyclic) bond motifs is 10. The number of allylic oxidation sites excluding steroid dienone is 2. The molecule has 0 aromatic carbocycles. The van der Waals surface area contributed by atoms with Crippen LogP contribution in [-0.2, 0) is 28.5 Å². The van der Waals surface area contributed by atoms with Gasteiger partial charge < -0.3 is 18.9 Å². The van der Waals surface area contributed by atoms with Gasteiger partial charge in [0.05, 0.1) is 25.4 Å². The van der Waals surface area contributed by atoms with Gasteiger partial charge in [0.15, 0.2) is 0 Å². The van der Waals surface area contributed by atoms with Crippen LogP contribution >= 0.6 is 0 Å². The van der Waals surface area contributed by atoms with Crippen LogP contribution in [0.25, 0.3) is 0 Å². The highest BCUT2D eigenvalue weighted by Crippen LogP contribution is 2.67. The first kappa shape index (κ1) is 35.4. The third-order valence-electron chi connectivity index (χ3n) is 17.4. The van der Waals surface area contributed by atoms with Gasteiger partial charge in [-0.1, -0.05) is 51.0 Å². The minimum Gasteiger partial charge on any atom is -0.462 e. The van der Waals surface area contributed by atoms with Crippen molar-refractivity contribution in [3.63, 3.8) is 0 Å². The van der Waals surface area contributed by atoms with Gasteiger partial charge in [0.2, 0.25) is 0 Å². The summed E-state index contributed by atoms with van der Waals surface area (Å²) in [5.41, 5.74) is 4.19. The van der Waals surface area contributed by atoms with Crippen LogP contribution in [0.15, 0.2) is 23.3 Å². The number of carbonyl (C=O) groups excluding carboxylic acids is 2. The molecule has 8 aliphatic rings. The Hall–Kier alpha value is -1.66. The fourth-order valence-corrected chi connectivity index (χ4v) is 14.7. The van der Waals surface area contributed by atoms with Crippen molar-refractivity contribution in [2.24, 2.45) is 57.2 Å². The van der Waals surface area contributed by atoms with E-state index in [4.69, 9.17) is 18.9 Å². The molecule has 0 bridgehead atoms. The molecule has 6 heteroatoms. The summed E-state index contributed by atoms with van der Waals surface area (Å²) in [5.74, 6) is 4.04. The highest BCUT2D eigenvalue weighted by molar-refractivity contribution is 5.66. The Balaban J connectivity index is 0.820. The van der Waals surface area contributed by atoms with Crippen molar-refractivity contribution in [3.8, 4) is 0 Å². The number of rotatable bonds is 7. The van der Waals surface area contributed by atoms with Crippen molar-refractivity contribution in [3.05, 3.63) is 23.3 Å². The van der Waals surface area contributed by atoms with Gasteiger partial charge in [-0.2, -0.15) is 0 Å². The zero-order valence-electron chi connectivity index (χ0n) is 32.1. The van der Waals surface area contributed by atoms with E-state index in [1.807, 2.05) is 0 Å². The lowest BCUT2D eigenvalue weighted by Crippen LogP contribution is -2.51. The molecule has 0 spiro atoms. The maximum absolute atomic E-state index is 11.8. The summed E-state index contributed by atoms with van der Waals surface area (Å²) in [7, 11) is 0. The van der Waals surface area contributed by atoms with Gasteiger partial charge in [0.25, 0.3) is 0 Å². The van der Waals surface area contributed by atoms with Crippen molar-refractivity contribution < 1.29 is 28.5 Å². The Kier molecular flexibility index (Phi) is 9.22. The van der Waals surface area contributed by atoms with Gasteiger partial charge in [-0.05, 0) is 149 Å². The van der Waals surface area contributed by atoms with Crippen LogP contribution in [0.2, 0.25) is 0 Å². The summed E-state index contributed by atoms with van der Waals surface area (Å²) >= 11 is 0. The van der Waals surface area contributed by atoms with Crippen LogP contribution in [-0.4, -0.2) is 49.6 Å². The zero-order chi connectivity index (χ0) is 35.1. The molecule has 0 aromatic rings. The van der Waals surface area contributed by atoms with Crippen LogP contribution in [0.4, 0.5) is 0 Å². The summed E-state index contributed by atoms with van der Waals surface area (Å²) in [6.45, 7) is 14.5.